The Labute approximate surface area is 218 Å². The first-order valence-electron chi connectivity index (χ1n) is 12.9. The number of rotatable bonds is 5. The van der Waals surface area contributed by atoms with E-state index in [0.717, 1.165) is 64.6 Å². The lowest BCUT2D eigenvalue weighted by atomic mass is 9.86. The summed E-state index contributed by atoms with van der Waals surface area (Å²) in [6, 6.07) is 12.4. The number of pyridine rings is 2. The van der Waals surface area contributed by atoms with Crippen LogP contribution in [0, 0.1) is 5.92 Å². The van der Waals surface area contributed by atoms with Gasteiger partial charge >= 0.3 is 5.97 Å². The fourth-order valence-corrected chi connectivity index (χ4v) is 5.97. The van der Waals surface area contributed by atoms with Crippen molar-refractivity contribution in [1.29, 1.82) is 0 Å². The van der Waals surface area contributed by atoms with Gasteiger partial charge in [-0.15, -0.1) is 0 Å². The summed E-state index contributed by atoms with van der Waals surface area (Å²) in [4.78, 5) is 21.2. The number of imidazole rings is 1. The van der Waals surface area contributed by atoms with E-state index < -0.39 is 5.97 Å². The Morgan fingerprint density at radius 1 is 1.00 bits per heavy atom. The minimum Gasteiger partial charge on any atom is -0.481 e. The van der Waals surface area contributed by atoms with Gasteiger partial charge in [0.05, 0.1) is 40.1 Å². The Kier molecular flexibility index (Phi) is 5.29. The van der Waals surface area contributed by atoms with Crippen LogP contribution >= 0.6 is 11.6 Å². The average molecular weight is 512 g/mol. The molecule has 186 valence electrons. The molecule has 4 aromatic heterocycles. The second-order valence-corrected chi connectivity index (χ2v) is 10.7. The quantitative estimate of drug-likeness (QED) is 0.282. The summed E-state index contributed by atoms with van der Waals surface area (Å²) < 4.78 is 4.21. The van der Waals surface area contributed by atoms with E-state index >= 15 is 0 Å². The van der Waals surface area contributed by atoms with Crippen molar-refractivity contribution in [2.45, 2.75) is 50.5 Å². The molecule has 37 heavy (non-hydrogen) atoms. The zero-order valence-corrected chi connectivity index (χ0v) is 21.0. The number of nitrogens with zero attached hydrogens (tertiary/aromatic N) is 5. The summed E-state index contributed by atoms with van der Waals surface area (Å²) in [6.45, 7) is 0. The number of hydrogen-bond donors (Lipinski definition) is 1. The monoisotopic (exact) mass is 511 g/mol. The molecular formula is C29H26ClN5O2. The molecule has 0 saturated heterocycles. The molecule has 0 amide bonds. The van der Waals surface area contributed by atoms with Crippen molar-refractivity contribution in [3.8, 4) is 22.4 Å². The summed E-state index contributed by atoms with van der Waals surface area (Å²) in [7, 11) is 0. The van der Waals surface area contributed by atoms with Gasteiger partial charge in [-0.25, -0.2) is 4.98 Å². The molecule has 5 aromatic rings. The molecule has 4 heterocycles. The van der Waals surface area contributed by atoms with Crippen LogP contribution in [0.5, 0.6) is 0 Å². The van der Waals surface area contributed by atoms with Gasteiger partial charge in [0.2, 0.25) is 0 Å². The Morgan fingerprint density at radius 2 is 1.81 bits per heavy atom. The lowest BCUT2D eigenvalue weighted by Gasteiger charge is -2.26. The van der Waals surface area contributed by atoms with E-state index in [-0.39, 0.29) is 12.0 Å². The van der Waals surface area contributed by atoms with Gasteiger partial charge in [0.1, 0.15) is 5.65 Å². The largest absolute Gasteiger partial charge is 0.481 e. The van der Waals surface area contributed by atoms with Gasteiger partial charge in [0.25, 0.3) is 0 Å². The smallest absolute Gasteiger partial charge is 0.306 e. The van der Waals surface area contributed by atoms with Crippen molar-refractivity contribution in [3.05, 3.63) is 71.9 Å². The van der Waals surface area contributed by atoms with E-state index in [0.29, 0.717) is 23.8 Å². The van der Waals surface area contributed by atoms with Gasteiger partial charge in [-0.3, -0.25) is 14.5 Å². The van der Waals surface area contributed by atoms with E-state index in [2.05, 4.69) is 34.0 Å². The number of halogens is 1. The van der Waals surface area contributed by atoms with E-state index in [1.165, 1.54) is 5.69 Å². The van der Waals surface area contributed by atoms with Crippen molar-refractivity contribution >= 4 is 34.1 Å². The van der Waals surface area contributed by atoms with Crippen LogP contribution in [0.1, 0.15) is 56.2 Å². The second-order valence-electron chi connectivity index (χ2n) is 10.3. The van der Waals surface area contributed by atoms with Crippen molar-refractivity contribution < 1.29 is 9.90 Å². The van der Waals surface area contributed by atoms with E-state index in [9.17, 15) is 9.90 Å². The van der Waals surface area contributed by atoms with Crippen LogP contribution in [0.4, 0.5) is 0 Å². The highest BCUT2D eigenvalue weighted by Gasteiger charge is 2.32. The van der Waals surface area contributed by atoms with Crippen LogP contribution in [0.3, 0.4) is 0 Å². The van der Waals surface area contributed by atoms with E-state index in [1.54, 1.807) is 0 Å². The lowest BCUT2D eigenvalue weighted by molar-refractivity contribution is -0.143. The van der Waals surface area contributed by atoms with Gasteiger partial charge in [-0.1, -0.05) is 29.8 Å². The molecule has 1 N–H and O–H groups in total. The minimum absolute atomic E-state index is 0.232. The van der Waals surface area contributed by atoms with Crippen LogP contribution in [-0.4, -0.2) is 35.2 Å². The van der Waals surface area contributed by atoms with Crippen LogP contribution in [0.2, 0.25) is 5.02 Å². The number of carbonyl (C=O) groups is 1. The standard InChI is InChI=1S/C29H26ClN5O2/c30-24-4-2-1-3-22(24)26-27(17-5-6-17)34-12-11-25-23(28(34)33-26)13-19(14-31-25)20-15-32-35(16-20)21-9-7-18(8-10-21)29(36)37/h1-4,11-18,21H,5-10H2,(H,36,37)/t18-,21-. The van der Waals surface area contributed by atoms with Gasteiger partial charge in [-0.05, 0) is 56.7 Å². The SMILES string of the molecule is O=C(O)[C@H]1CC[C@H](n2cc(-c3cnc4ccn5c(C6CC6)c(-c6ccccc6Cl)nc5c4c3)cn2)CC1. The third kappa shape index (κ3) is 3.89. The summed E-state index contributed by atoms with van der Waals surface area (Å²) in [5.41, 5.74) is 6.91. The van der Waals surface area contributed by atoms with Gasteiger partial charge < -0.3 is 9.51 Å². The number of carboxylic acid groups (broad SMARTS) is 1. The Balaban J connectivity index is 1.29. The lowest BCUT2D eigenvalue weighted by Crippen LogP contribution is -2.23. The summed E-state index contributed by atoms with van der Waals surface area (Å²) in [5.74, 6) is -0.428. The molecule has 0 atom stereocenters. The summed E-state index contributed by atoms with van der Waals surface area (Å²) >= 11 is 6.60. The molecule has 0 bridgehead atoms. The third-order valence-electron chi connectivity index (χ3n) is 7.94. The van der Waals surface area contributed by atoms with Crippen molar-refractivity contribution in [2.75, 3.05) is 0 Å². The minimum atomic E-state index is -0.685. The second kappa shape index (κ2) is 8.70. The molecule has 0 aliphatic heterocycles. The third-order valence-corrected chi connectivity index (χ3v) is 8.27. The first-order valence-corrected chi connectivity index (χ1v) is 13.3. The zero-order valence-electron chi connectivity index (χ0n) is 20.2. The normalized spacial score (nSPS) is 20.0. The molecule has 0 radical (unpaired) electrons. The molecule has 2 aliphatic rings. The maximum Gasteiger partial charge on any atom is 0.306 e. The van der Waals surface area contributed by atoms with Crippen molar-refractivity contribution in [3.63, 3.8) is 0 Å². The number of benzene rings is 1. The first-order chi connectivity index (χ1) is 18.1. The molecule has 2 aliphatic carbocycles. The number of aromatic nitrogens is 5. The predicted molar refractivity (Wildman–Crippen MR) is 143 cm³/mol. The molecule has 1 aromatic carbocycles. The van der Waals surface area contributed by atoms with Crippen molar-refractivity contribution in [1.82, 2.24) is 24.1 Å². The van der Waals surface area contributed by atoms with Crippen LogP contribution in [0.15, 0.2) is 61.2 Å². The Hall–Kier alpha value is -3.71. The van der Waals surface area contributed by atoms with Gasteiger partial charge in [0.15, 0.2) is 0 Å². The zero-order chi connectivity index (χ0) is 25.1. The highest BCUT2D eigenvalue weighted by molar-refractivity contribution is 6.33. The van der Waals surface area contributed by atoms with E-state index in [4.69, 9.17) is 21.6 Å². The molecule has 2 saturated carbocycles. The number of aliphatic carboxylic acids is 1. The fraction of sp³-hybridized carbons (Fsp3) is 0.310. The van der Waals surface area contributed by atoms with E-state index in [1.807, 2.05) is 41.3 Å². The molecule has 2 fully saturated rings. The van der Waals surface area contributed by atoms with Crippen molar-refractivity contribution in [2.24, 2.45) is 5.92 Å². The molecule has 8 heteroatoms. The van der Waals surface area contributed by atoms with Crippen LogP contribution in [0.25, 0.3) is 38.9 Å². The molecule has 0 unspecified atom stereocenters. The number of carboxylic acids is 1. The summed E-state index contributed by atoms with van der Waals surface area (Å²) in [5, 5.41) is 15.6. The highest BCUT2D eigenvalue weighted by atomic mass is 35.5. The van der Waals surface area contributed by atoms with Crippen LogP contribution < -0.4 is 0 Å². The topological polar surface area (TPSA) is 85.3 Å². The summed E-state index contributed by atoms with van der Waals surface area (Å²) in [6.07, 6.45) is 13.3. The Morgan fingerprint density at radius 3 is 2.57 bits per heavy atom. The highest BCUT2D eigenvalue weighted by Crippen LogP contribution is 2.46. The number of fused-ring (bicyclic) bond motifs is 3. The maximum absolute atomic E-state index is 11.3. The average Bonchev–Trinajstić information content (AvgIpc) is 3.49. The number of hydrogen-bond acceptors (Lipinski definition) is 4. The fourth-order valence-electron chi connectivity index (χ4n) is 5.75. The predicted octanol–water partition coefficient (Wildman–Crippen LogP) is 6.76. The Bertz CT molecular complexity index is 1660. The van der Waals surface area contributed by atoms with Gasteiger partial charge in [-0.2, -0.15) is 5.10 Å². The molecule has 7 nitrogen and oxygen atoms in total. The maximum atomic E-state index is 11.3. The van der Waals surface area contributed by atoms with Crippen LogP contribution in [-0.2, 0) is 4.79 Å². The molecular weight excluding hydrogens is 486 g/mol. The molecule has 7 rings (SSSR count). The first kappa shape index (κ1) is 22.5. The van der Waals surface area contributed by atoms with Gasteiger partial charge in [0, 0.05) is 46.6 Å². The molecule has 0 spiro atoms.